The van der Waals surface area contributed by atoms with E-state index < -0.39 is 5.91 Å². The third kappa shape index (κ3) is 4.36. The quantitative estimate of drug-likeness (QED) is 0.283. The predicted octanol–water partition coefficient (Wildman–Crippen LogP) is 0.801. The fraction of sp³-hybridized carbons (Fsp3) is 0. The molecule has 0 saturated carbocycles. The molecule has 6 nitrogen and oxygen atoms in total. The summed E-state index contributed by atoms with van der Waals surface area (Å²) in [6, 6.07) is 4.76. The first-order valence-corrected chi connectivity index (χ1v) is 5.80. The Morgan fingerprint density at radius 2 is 1.89 bits per heavy atom. The van der Waals surface area contributed by atoms with Crippen molar-refractivity contribution in [2.75, 3.05) is 5.01 Å². The van der Waals surface area contributed by atoms with Crippen molar-refractivity contribution in [1.82, 2.24) is 0 Å². The number of nitrogens with two attached hydrogens (primary N) is 4. The molecular formula is C11H13Cl2N5O. The van der Waals surface area contributed by atoms with Crippen molar-refractivity contribution in [2.24, 2.45) is 23.0 Å². The number of rotatable bonds is 4. The maximum absolute atomic E-state index is 10.9. The van der Waals surface area contributed by atoms with Crippen molar-refractivity contribution >= 4 is 40.5 Å². The SMILES string of the molecule is NC(=O)/C=C(\N)c1cc(Cl)ccc1N(N)/C=C(\N)Cl. The van der Waals surface area contributed by atoms with E-state index in [0.717, 1.165) is 11.1 Å². The average Bonchev–Trinajstić information content (AvgIpc) is 2.26. The lowest BCUT2D eigenvalue weighted by Gasteiger charge is -2.18. The molecule has 1 aromatic rings. The number of hydrazine groups is 1. The second kappa shape index (κ2) is 6.33. The van der Waals surface area contributed by atoms with Crippen LogP contribution in [-0.2, 0) is 4.79 Å². The lowest BCUT2D eigenvalue weighted by molar-refractivity contribution is -0.113. The molecule has 0 aliphatic rings. The maximum atomic E-state index is 10.9. The molecule has 1 rings (SSSR count). The fourth-order valence-electron chi connectivity index (χ4n) is 1.40. The minimum absolute atomic E-state index is 0.0131. The minimum Gasteiger partial charge on any atom is -0.398 e. The molecule has 0 bridgehead atoms. The Morgan fingerprint density at radius 1 is 1.26 bits per heavy atom. The summed E-state index contributed by atoms with van der Waals surface area (Å²) >= 11 is 11.4. The van der Waals surface area contributed by atoms with Gasteiger partial charge in [0.25, 0.3) is 0 Å². The summed E-state index contributed by atoms with van der Waals surface area (Å²) in [4.78, 5) is 10.9. The van der Waals surface area contributed by atoms with E-state index in [1.54, 1.807) is 18.2 Å². The monoisotopic (exact) mass is 301 g/mol. The number of hydrogen-bond donors (Lipinski definition) is 4. The molecule has 1 aromatic carbocycles. The minimum atomic E-state index is -0.681. The number of halogens is 2. The summed E-state index contributed by atoms with van der Waals surface area (Å²) in [6.07, 6.45) is 2.35. The van der Waals surface area contributed by atoms with Gasteiger partial charge in [0.05, 0.1) is 11.9 Å². The van der Waals surface area contributed by atoms with Crippen LogP contribution in [0.25, 0.3) is 5.70 Å². The molecule has 102 valence electrons. The normalized spacial score (nSPS) is 12.4. The van der Waals surface area contributed by atoms with E-state index in [2.05, 4.69) is 0 Å². The van der Waals surface area contributed by atoms with E-state index in [9.17, 15) is 4.79 Å². The third-order valence-electron chi connectivity index (χ3n) is 2.11. The number of hydrogen-bond acceptors (Lipinski definition) is 5. The standard InChI is InChI=1S/C11H13Cl2N5O/c12-6-1-2-9(18(17)5-10(13)15)7(3-6)8(14)4-11(16)19/h1-5H,14-15,17H2,(H2,16,19)/b8-4-,10-5-. The number of anilines is 1. The van der Waals surface area contributed by atoms with Crippen LogP contribution >= 0.6 is 23.2 Å². The third-order valence-corrected chi connectivity index (χ3v) is 2.44. The summed E-state index contributed by atoms with van der Waals surface area (Å²) in [5.74, 6) is 5.08. The van der Waals surface area contributed by atoms with E-state index >= 15 is 0 Å². The molecule has 0 atom stereocenters. The average molecular weight is 302 g/mol. The highest BCUT2D eigenvalue weighted by atomic mass is 35.5. The Labute approximate surface area is 120 Å². The Bertz CT molecular complexity index is 552. The largest absolute Gasteiger partial charge is 0.398 e. The highest BCUT2D eigenvalue weighted by Crippen LogP contribution is 2.27. The van der Waals surface area contributed by atoms with Crippen molar-refractivity contribution < 1.29 is 4.79 Å². The van der Waals surface area contributed by atoms with Gasteiger partial charge in [0.2, 0.25) is 5.91 Å². The van der Waals surface area contributed by atoms with Crippen molar-refractivity contribution in [3.05, 3.63) is 46.2 Å². The fourth-order valence-corrected chi connectivity index (χ4v) is 1.68. The van der Waals surface area contributed by atoms with Crippen LogP contribution in [0.1, 0.15) is 5.56 Å². The van der Waals surface area contributed by atoms with Gasteiger partial charge in [0.1, 0.15) is 5.16 Å². The summed E-state index contributed by atoms with van der Waals surface area (Å²) in [7, 11) is 0. The van der Waals surface area contributed by atoms with Gasteiger partial charge in [-0.05, 0) is 18.2 Å². The summed E-state index contributed by atoms with van der Waals surface area (Å²) < 4.78 is 0. The van der Waals surface area contributed by atoms with Crippen LogP contribution in [0.5, 0.6) is 0 Å². The van der Waals surface area contributed by atoms with Crippen LogP contribution in [0.15, 0.2) is 35.6 Å². The van der Waals surface area contributed by atoms with Crippen molar-refractivity contribution in [3.8, 4) is 0 Å². The summed E-state index contributed by atoms with van der Waals surface area (Å²) in [6.45, 7) is 0. The predicted molar refractivity (Wildman–Crippen MR) is 77.6 cm³/mol. The van der Waals surface area contributed by atoms with E-state index in [0.29, 0.717) is 16.3 Å². The van der Waals surface area contributed by atoms with Crippen molar-refractivity contribution in [3.63, 3.8) is 0 Å². The topological polar surface area (TPSA) is 124 Å². The summed E-state index contributed by atoms with van der Waals surface area (Å²) in [5.41, 5.74) is 17.2. The van der Waals surface area contributed by atoms with Gasteiger partial charge in [0, 0.05) is 22.4 Å². The van der Waals surface area contributed by atoms with E-state index in [-0.39, 0.29) is 10.9 Å². The number of benzene rings is 1. The van der Waals surface area contributed by atoms with Crippen molar-refractivity contribution in [1.29, 1.82) is 0 Å². The molecule has 19 heavy (non-hydrogen) atoms. The van der Waals surface area contributed by atoms with E-state index in [1.807, 2.05) is 0 Å². The molecule has 0 spiro atoms. The molecule has 0 aliphatic heterocycles. The zero-order chi connectivity index (χ0) is 14.6. The molecule has 0 unspecified atom stereocenters. The van der Waals surface area contributed by atoms with Gasteiger partial charge in [-0.3, -0.25) is 9.80 Å². The Morgan fingerprint density at radius 3 is 2.42 bits per heavy atom. The van der Waals surface area contributed by atoms with Gasteiger partial charge >= 0.3 is 0 Å². The molecular weight excluding hydrogens is 289 g/mol. The second-order valence-corrected chi connectivity index (χ2v) is 4.46. The first kappa shape index (κ1) is 15.2. The number of amides is 1. The van der Waals surface area contributed by atoms with Crippen LogP contribution in [0.4, 0.5) is 5.69 Å². The van der Waals surface area contributed by atoms with Crippen LogP contribution in [0, 0.1) is 0 Å². The number of nitrogens with zero attached hydrogens (tertiary/aromatic N) is 1. The highest BCUT2D eigenvalue weighted by molar-refractivity contribution is 6.31. The van der Waals surface area contributed by atoms with Gasteiger partial charge in [-0.15, -0.1) is 0 Å². The number of carbonyl (C=O) groups excluding carboxylic acids is 1. The molecule has 0 heterocycles. The Kier molecular flexibility index (Phi) is 5.05. The van der Waals surface area contributed by atoms with E-state index in [4.69, 9.17) is 46.2 Å². The smallest absolute Gasteiger partial charge is 0.243 e. The molecule has 8 N–H and O–H groups in total. The lowest BCUT2D eigenvalue weighted by Crippen LogP contribution is -2.27. The molecule has 0 fully saturated rings. The lowest BCUT2D eigenvalue weighted by atomic mass is 10.1. The molecule has 0 aromatic heterocycles. The first-order chi connectivity index (χ1) is 8.81. The van der Waals surface area contributed by atoms with Gasteiger partial charge in [-0.2, -0.15) is 0 Å². The zero-order valence-corrected chi connectivity index (χ0v) is 11.3. The Hall–Kier alpha value is -1.89. The molecule has 0 aliphatic carbocycles. The van der Waals surface area contributed by atoms with Crippen LogP contribution < -0.4 is 28.1 Å². The molecule has 0 saturated heterocycles. The van der Waals surface area contributed by atoms with Crippen LogP contribution in [0.2, 0.25) is 5.02 Å². The second-order valence-electron chi connectivity index (χ2n) is 3.58. The zero-order valence-electron chi connectivity index (χ0n) is 9.81. The molecule has 8 heteroatoms. The number of carbonyl (C=O) groups is 1. The Balaban J connectivity index is 3.33. The first-order valence-electron chi connectivity index (χ1n) is 5.04. The van der Waals surface area contributed by atoms with Gasteiger partial charge in [-0.1, -0.05) is 23.2 Å². The van der Waals surface area contributed by atoms with E-state index in [1.165, 1.54) is 6.20 Å². The summed E-state index contributed by atoms with van der Waals surface area (Å²) in [5, 5.41) is 1.58. The van der Waals surface area contributed by atoms with Crippen LogP contribution in [0.3, 0.4) is 0 Å². The maximum Gasteiger partial charge on any atom is 0.243 e. The molecule has 1 amide bonds. The van der Waals surface area contributed by atoms with Gasteiger partial charge in [0.15, 0.2) is 0 Å². The van der Waals surface area contributed by atoms with Gasteiger partial charge in [-0.25, -0.2) is 5.84 Å². The van der Waals surface area contributed by atoms with Crippen LogP contribution in [-0.4, -0.2) is 5.91 Å². The molecule has 0 radical (unpaired) electrons. The highest BCUT2D eigenvalue weighted by Gasteiger charge is 2.10. The number of primary amides is 1. The van der Waals surface area contributed by atoms with Crippen molar-refractivity contribution in [2.45, 2.75) is 0 Å². The van der Waals surface area contributed by atoms with Gasteiger partial charge < -0.3 is 17.2 Å².